The smallest absolute Gasteiger partial charge is 0.235 e. The van der Waals surface area contributed by atoms with Crippen LogP contribution in [0.1, 0.15) is 20.3 Å². The second-order valence-corrected chi connectivity index (χ2v) is 2.97. The van der Waals surface area contributed by atoms with Crippen molar-refractivity contribution in [3.05, 3.63) is 0 Å². The van der Waals surface area contributed by atoms with Crippen LogP contribution in [0.15, 0.2) is 0 Å². The van der Waals surface area contributed by atoms with E-state index in [9.17, 15) is 4.79 Å². The molecule has 0 aromatic heterocycles. The first-order valence-corrected chi connectivity index (χ1v) is 4.50. The molecule has 78 valence electrons. The molecule has 13 heavy (non-hydrogen) atoms. The molecule has 0 saturated heterocycles. The van der Waals surface area contributed by atoms with Gasteiger partial charge >= 0.3 is 0 Å². The third-order valence-corrected chi connectivity index (χ3v) is 2.06. The third-order valence-electron chi connectivity index (χ3n) is 2.06. The molecule has 0 aromatic rings. The van der Waals surface area contributed by atoms with Crippen molar-refractivity contribution in [2.75, 3.05) is 19.7 Å². The summed E-state index contributed by atoms with van der Waals surface area (Å²) in [4.78, 5) is 12.9. The molecular formula is C8H19N3O2. The van der Waals surface area contributed by atoms with Crippen LogP contribution in [0, 0.1) is 0 Å². The molecule has 1 amide bonds. The minimum absolute atomic E-state index is 0.112. The molecule has 1 atom stereocenters. The molecule has 0 bridgehead atoms. The summed E-state index contributed by atoms with van der Waals surface area (Å²) in [5.41, 5.74) is 2.09. The van der Waals surface area contributed by atoms with Crippen LogP contribution in [-0.2, 0) is 4.79 Å². The van der Waals surface area contributed by atoms with Gasteiger partial charge in [0.25, 0.3) is 0 Å². The van der Waals surface area contributed by atoms with E-state index < -0.39 is 0 Å². The van der Waals surface area contributed by atoms with E-state index in [1.165, 1.54) is 0 Å². The van der Waals surface area contributed by atoms with E-state index in [4.69, 9.17) is 10.9 Å². The van der Waals surface area contributed by atoms with E-state index in [1.807, 2.05) is 18.7 Å². The number of carbonyl (C=O) groups excluding carboxylic acids is 1. The SMILES string of the molecule is CCN(CCO)C(C)CC(=O)NN. The van der Waals surface area contributed by atoms with Gasteiger partial charge in [0.05, 0.1) is 6.61 Å². The lowest BCUT2D eigenvalue weighted by atomic mass is 10.2. The van der Waals surface area contributed by atoms with Gasteiger partial charge in [-0.25, -0.2) is 5.84 Å². The van der Waals surface area contributed by atoms with E-state index in [0.29, 0.717) is 13.0 Å². The van der Waals surface area contributed by atoms with Crippen molar-refractivity contribution in [3.8, 4) is 0 Å². The van der Waals surface area contributed by atoms with Gasteiger partial charge in [-0.15, -0.1) is 0 Å². The van der Waals surface area contributed by atoms with Crippen molar-refractivity contribution in [1.82, 2.24) is 10.3 Å². The van der Waals surface area contributed by atoms with Gasteiger partial charge in [-0.2, -0.15) is 0 Å². The minimum Gasteiger partial charge on any atom is -0.395 e. The third kappa shape index (κ3) is 4.82. The molecule has 0 aromatic carbocycles. The highest BCUT2D eigenvalue weighted by molar-refractivity contribution is 5.75. The Bertz CT molecular complexity index is 152. The molecule has 1 unspecified atom stereocenters. The van der Waals surface area contributed by atoms with Crippen molar-refractivity contribution in [2.45, 2.75) is 26.3 Å². The molecule has 0 heterocycles. The molecule has 0 aliphatic carbocycles. The average Bonchev–Trinajstić information content (AvgIpc) is 2.13. The van der Waals surface area contributed by atoms with Gasteiger partial charge in [-0.1, -0.05) is 6.92 Å². The quantitative estimate of drug-likeness (QED) is 0.286. The number of nitrogens with zero attached hydrogens (tertiary/aromatic N) is 1. The molecule has 5 nitrogen and oxygen atoms in total. The Hall–Kier alpha value is -0.650. The van der Waals surface area contributed by atoms with E-state index in [0.717, 1.165) is 6.54 Å². The number of aliphatic hydroxyl groups is 1. The van der Waals surface area contributed by atoms with Gasteiger partial charge in [-0.3, -0.25) is 15.1 Å². The van der Waals surface area contributed by atoms with Crippen molar-refractivity contribution in [1.29, 1.82) is 0 Å². The largest absolute Gasteiger partial charge is 0.395 e. The molecule has 0 aliphatic rings. The van der Waals surface area contributed by atoms with Gasteiger partial charge < -0.3 is 5.11 Å². The summed E-state index contributed by atoms with van der Waals surface area (Å²) in [7, 11) is 0. The summed E-state index contributed by atoms with van der Waals surface area (Å²) in [6.07, 6.45) is 0.365. The summed E-state index contributed by atoms with van der Waals surface area (Å²) in [5.74, 6) is 4.79. The highest BCUT2D eigenvalue weighted by Gasteiger charge is 2.14. The summed E-state index contributed by atoms with van der Waals surface area (Å²) in [6, 6.07) is 0.112. The highest BCUT2D eigenvalue weighted by Crippen LogP contribution is 2.02. The maximum atomic E-state index is 10.9. The predicted molar refractivity (Wildman–Crippen MR) is 50.7 cm³/mol. The first-order valence-electron chi connectivity index (χ1n) is 4.50. The fraction of sp³-hybridized carbons (Fsp3) is 0.875. The number of carbonyl (C=O) groups is 1. The van der Waals surface area contributed by atoms with E-state index in [2.05, 4.69) is 5.43 Å². The Kier molecular flexibility index (Phi) is 6.48. The number of nitrogens with two attached hydrogens (primary N) is 1. The monoisotopic (exact) mass is 189 g/mol. The number of amides is 1. The van der Waals surface area contributed by atoms with Crippen molar-refractivity contribution in [3.63, 3.8) is 0 Å². The van der Waals surface area contributed by atoms with Gasteiger partial charge in [0.1, 0.15) is 0 Å². The summed E-state index contributed by atoms with van der Waals surface area (Å²) in [5, 5.41) is 8.74. The zero-order valence-electron chi connectivity index (χ0n) is 8.29. The Morgan fingerprint density at radius 1 is 1.69 bits per heavy atom. The van der Waals surface area contributed by atoms with Gasteiger partial charge in [0.15, 0.2) is 0 Å². The molecule has 0 fully saturated rings. The molecule has 0 aliphatic heterocycles. The summed E-state index contributed by atoms with van der Waals surface area (Å²) >= 11 is 0. The number of aliphatic hydroxyl groups excluding tert-OH is 1. The minimum atomic E-state index is -0.177. The zero-order valence-corrected chi connectivity index (χ0v) is 8.29. The molecule has 0 spiro atoms. The van der Waals surface area contributed by atoms with Gasteiger partial charge in [0, 0.05) is 19.0 Å². The van der Waals surface area contributed by atoms with Crippen molar-refractivity contribution >= 4 is 5.91 Å². The molecule has 0 saturated carbocycles. The Morgan fingerprint density at radius 2 is 2.31 bits per heavy atom. The first-order chi connectivity index (χ1) is 6.15. The number of rotatable bonds is 6. The molecule has 0 radical (unpaired) electrons. The normalized spacial score (nSPS) is 13.0. The molecule has 4 N–H and O–H groups in total. The predicted octanol–water partition coefficient (Wildman–Crippen LogP) is -0.931. The summed E-state index contributed by atoms with van der Waals surface area (Å²) in [6.45, 7) is 5.46. The van der Waals surface area contributed by atoms with Crippen LogP contribution in [0.3, 0.4) is 0 Å². The lowest BCUT2D eigenvalue weighted by Gasteiger charge is -2.26. The van der Waals surface area contributed by atoms with Crippen LogP contribution in [0.25, 0.3) is 0 Å². The van der Waals surface area contributed by atoms with Crippen molar-refractivity contribution in [2.24, 2.45) is 5.84 Å². The second-order valence-electron chi connectivity index (χ2n) is 2.97. The standard InChI is InChI=1S/C8H19N3O2/c1-3-11(4-5-12)7(2)6-8(13)10-9/h7,12H,3-6,9H2,1-2H3,(H,10,13). The molecular weight excluding hydrogens is 170 g/mol. The van der Waals surface area contributed by atoms with Crippen LogP contribution in [-0.4, -0.2) is 41.7 Å². The Morgan fingerprint density at radius 3 is 2.69 bits per heavy atom. The Labute approximate surface area is 78.9 Å². The fourth-order valence-corrected chi connectivity index (χ4v) is 1.27. The topological polar surface area (TPSA) is 78.6 Å². The second kappa shape index (κ2) is 6.82. The van der Waals surface area contributed by atoms with Gasteiger partial charge in [0.2, 0.25) is 5.91 Å². The van der Waals surface area contributed by atoms with Crippen LogP contribution < -0.4 is 11.3 Å². The number of hydrogen-bond acceptors (Lipinski definition) is 4. The molecule has 0 rings (SSSR count). The van der Waals surface area contributed by atoms with Crippen LogP contribution in [0.4, 0.5) is 0 Å². The lowest BCUT2D eigenvalue weighted by Crippen LogP contribution is -2.40. The van der Waals surface area contributed by atoms with E-state index in [1.54, 1.807) is 0 Å². The zero-order chi connectivity index (χ0) is 10.3. The number of hydrogen-bond donors (Lipinski definition) is 3. The summed E-state index contributed by atoms with van der Waals surface area (Å²) < 4.78 is 0. The molecule has 5 heteroatoms. The fourth-order valence-electron chi connectivity index (χ4n) is 1.27. The van der Waals surface area contributed by atoms with Crippen LogP contribution in [0.2, 0.25) is 0 Å². The number of nitrogens with one attached hydrogen (secondary N) is 1. The maximum absolute atomic E-state index is 10.9. The number of hydrazine groups is 1. The van der Waals surface area contributed by atoms with Crippen LogP contribution >= 0.6 is 0 Å². The first kappa shape index (κ1) is 12.3. The van der Waals surface area contributed by atoms with Crippen LogP contribution in [0.5, 0.6) is 0 Å². The van der Waals surface area contributed by atoms with E-state index in [-0.39, 0.29) is 18.6 Å². The Balaban J connectivity index is 3.89. The van der Waals surface area contributed by atoms with E-state index >= 15 is 0 Å². The van der Waals surface area contributed by atoms with Gasteiger partial charge in [-0.05, 0) is 13.5 Å². The average molecular weight is 189 g/mol. The maximum Gasteiger partial charge on any atom is 0.235 e. The van der Waals surface area contributed by atoms with Crippen molar-refractivity contribution < 1.29 is 9.90 Å². The number of likely N-dealkylation sites (N-methyl/N-ethyl adjacent to an activating group) is 1. The lowest BCUT2D eigenvalue weighted by molar-refractivity contribution is -0.122. The highest BCUT2D eigenvalue weighted by atomic mass is 16.3.